The minimum Gasteiger partial charge on any atom is -0.496 e. The number of hydrogen-bond donors (Lipinski definition) is 1. The summed E-state index contributed by atoms with van der Waals surface area (Å²) in [6.07, 6.45) is -1.36. The van der Waals surface area contributed by atoms with E-state index in [1.807, 2.05) is 13.8 Å². The molecular weight excluding hydrogens is 256 g/mol. The van der Waals surface area contributed by atoms with Crippen LogP contribution < -0.4 is 4.74 Å². The molecule has 0 spiro atoms. The molecule has 0 saturated carbocycles. The standard InChI is InChI=1S/C13H17ClO4/c1-7(2)11-9(14)5-8(6-10(11)17-3)12(15)13(16)18-4/h5-7,12,15H,1-4H3. The molecule has 0 aliphatic rings. The summed E-state index contributed by atoms with van der Waals surface area (Å²) >= 11 is 6.16. The normalized spacial score (nSPS) is 12.4. The molecule has 100 valence electrons. The molecule has 0 aromatic heterocycles. The Morgan fingerprint density at radius 1 is 1.33 bits per heavy atom. The molecule has 1 unspecified atom stereocenters. The molecule has 1 rings (SSSR count). The van der Waals surface area contributed by atoms with Crippen LogP contribution in [0.25, 0.3) is 0 Å². The van der Waals surface area contributed by atoms with Crippen molar-refractivity contribution in [3.63, 3.8) is 0 Å². The third-order valence-corrected chi connectivity index (χ3v) is 2.96. The lowest BCUT2D eigenvalue weighted by Crippen LogP contribution is -2.14. The fourth-order valence-corrected chi connectivity index (χ4v) is 2.18. The van der Waals surface area contributed by atoms with Gasteiger partial charge in [-0.05, 0) is 23.6 Å². The summed E-state index contributed by atoms with van der Waals surface area (Å²) < 4.78 is 9.73. The highest BCUT2D eigenvalue weighted by Crippen LogP contribution is 2.36. The highest BCUT2D eigenvalue weighted by Gasteiger charge is 2.22. The molecular formula is C13H17ClO4. The van der Waals surface area contributed by atoms with Gasteiger partial charge in [0, 0.05) is 10.6 Å². The van der Waals surface area contributed by atoms with Crippen molar-refractivity contribution in [3.8, 4) is 5.75 Å². The van der Waals surface area contributed by atoms with Crippen molar-refractivity contribution in [1.82, 2.24) is 0 Å². The molecule has 0 aliphatic carbocycles. The van der Waals surface area contributed by atoms with Gasteiger partial charge in [0.2, 0.25) is 0 Å². The van der Waals surface area contributed by atoms with Crippen molar-refractivity contribution in [1.29, 1.82) is 0 Å². The van der Waals surface area contributed by atoms with Crippen LogP contribution in [0.2, 0.25) is 5.02 Å². The van der Waals surface area contributed by atoms with Gasteiger partial charge >= 0.3 is 5.97 Å². The second-order valence-corrected chi connectivity index (χ2v) is 4.61. The van der Waals surface area contributed by atoms with E-state index in [1.165, 1.54) is 14.2 Å². The number of carbonyl (C=O) groups is 1. The molecule has 0 fully saturated rings. The molecule has 0 aliphatic heterocycles. The quantitative estimate of drug-likeness (QED) is 0.856. The Bertz CT molecular complexity index is 443. The number of halogens is 1. The summed E-state index contributed by atoms with van der Waals surface area (Å²) in [7, 11) is 2.73. The highest BCUT2D eigenvalue weighted by molar-refractivity contribution is 6.31. The van der Waals surface area contributed by atoms with Gasteiger partial charge in [0.05, 0.1) is 14.2 Å². The summed E-state index contributed by atoms with van der Waals surface area (Å²) in [4.78, 5) is 11.3. The molecule has 1 aromatic rings. The molecule has 1 atom stereocenters. The molecule has 4 nitrogen and oxygen atoms in total. The van der Waals surface area contributed by atoms with Gasteiger partial charge in [0.15, 0.2) is 6.10 Å². The van der Waals surface area contributed by atoms with Crippen LogP contribution in [-0.4, -0.2) is 25.3 Å². The van der Waals surface area contributed by atoms with Gasteiger partial charge in [-0.3, -0.25) is 0 Å². The monoisotopic (exact) mass is 272 g/mol. The van der Waals surface area contributed by atoms with Gasteiger partial charge in [0.25, 0.3) is 0 Å². The Morgan fingerprint density at radius 3 is 2.39 bits per heavy atom. The van der Waals surface area contributed by atoms with E-state index in [9.17, 15) is 9.90 Å². The Morgan fingerprint density at radius 2 is 1.94 bits per heavy atom. The predicted molar refractivity (Wildman–Crippen MR) is 69.1 cm³/mol. The zero-order valence-electron chi connectivity index (χ0n) is 10.9. The molecule has 0 bridgehead atoms. The maximum absolute atomic E-state index is 11.3. The third-order valence-electron chi connectivity index (χ3n) is 2.65. The minimum atomic E-state index is -1.36. The Hall–Kier alpha value is -1.26. The summed E-state index contributed by atoms with van der Waals surface area (Å²) in [6, 6.07) is 3.16. The molecule has 0 heterocycles. The van der Waals surface area contributed by atoms with Gasteiger partial charge in [-0.15, -0.1) is 0 Å². The molecule has 0 saturated heterocycles. The topological polar surface area (TPSA) is 55.8 Å². The number of benzene rings is 1. The van der Waals surface area contributed by atoms with E-state index < -0.39 is 12.1 Å². The Kier molecular flexibility index (Phi) is 4.99. The minimum absolute atomic E-state index is 0.178. The molecule has 1 N–H and O–H groups in total. The van der Waals surface area contributed by atoms with Crippen LogP contribution in [0.4, 0.5) is 0 Å². The summed E-state index contributed by atoms with van der Waals surface area (Å²) in [5.74, 6) is -0.00219. The zero-order valence-corrected chi connectivity index (χ0v) is 11.6. The van der Waals surface area contributed by atoms with Gasteiger partial charge in [-0.25, -0.2) is 4.79 Å². The first-order chi connectivity index (χ1) is 8.42. The van der Waals surface area contributed by atoms with E-state index in [2.05, 4.69) is 4.74 Å². The fourth-order valence-electron chi connectivity index (χ4n) is 1.75. The lowest BCUT2D eigenvalue weighted by atomic mass is 9.98. The van der Waals surface area contributed by atoms with Crippen molar-refractivity contribution in [3.05, 3.63) is 28.3 Å². The number of aliphatic hydroxyl groups is 1. The van der Waals surface area contributed by atoms with Crippen LogP contribution in [0.5, 0.6) is 5.75 Å². The van der Waals surface area contributed by atoms with E-state index in [4.69, 9.17) is 16.3 Å². The number of rotatable bonds is 4. The number of carbonyl (C=O) groups excluding carboxylic acids is 1. The number of esters is 1. The van der Waals surface area contributed by atoms with Gasteiger partial charge in [0.1, 0.15) is 5.75 Å². The molecule has 18 heavy (non-hydrogen) atoms. The van der Waals surface area contributed by atoms with Crippen LogP contribution in [-0.2, 0) is 9.53 Å². The van der Waals surface area contributed by atoms with Crippen LogP contribution in [0, 0.1) is 0 Å². The lowest BCUT2D eigenvalue weighted by Gasteiger charge is -2.17. The smallest absolute Gasteiger partial charge is 0.339 e. The largest absolute Gasteiger partial charge is 0.496 e. The highest BCUT2D eigenvalue weighted by atomic mass is 35.5. The van der Waals surface area contributed by atoms with Crippen molar-refractivity contribution >= 4 is 17.6 Å². The molecule has 1 aromatic carbocycles. The average molecular weight is 273 g/mol. The van der Waals surface area contributed by atoms with Crippen molar-refractivity contribution in [2.45, 2.75) is 25.9 Å². The maximum atomic E-state index is 11.3. The fraction of sp³-hybridized carbons (Fsp3) is 0.462. The van der Waals surface area contributed by atoms with Crippen molar-refractivity contribution in [2.75, 3.05) is 14.2 Å². The van der Waals surface area contributed by atoms with Gasteiger partial charge in [-0.2, -0.15) is 0 Å². The van der Waals surface area contributed by atoms with Crippen molar-refractivity contribution in [2.24, 2.45) is 0 Å². The number of methoxy groups -OCH3 is 2. The number of aliphatic hydroxyl groups excluding tert-OH is 1. The summed E-state index contributed by atoms with van der Waals surface area (Å²) in [5, 5.41) is 10.2. The zero-order chi connectivity index (χ0) is 13.9. The van der Waals surface area contributed by atoms with Gasteiger partial charge in [-0.1, -0.05) is 25.4 Å². The first-order valence-electron chi connectivity index (χ1n) is 5.55. The first-order valence-corrected chi connectivity index (χ1v) is 5.93. The van der Waals surface area contributed by atoms with Crippen LogP contribution in [0.15, 0.2) is 12.1 Å². The Labute approximate surface area is 111 Å². The van der Waals surface area contributed by atoms with Crippen LogP contribution in [0.1, 0.15) is 37.0 Å². The molecule has 5 heteroatoms. The third kappa shape index (κ3) is 2.94. The second kappa shape index (κ2) is 6.07. The van der Waals surface area contributed by atoms with E-state index in [0.717, 1.165) is 5.56 Å². The maximum Gasteiger partial charge on any atom is 0.339 e. The second-order valence-electron chi connectivity index (χ2n) is 4.20. The van der Waals surface area contributed by atoms with Crippen LogP contribution in [0.3, 0.4) is 0 Å². The van der Waals surface area contributed by atoms with Crippen LogP contribution >= 0.6 is 11.6 Å². The lowest BCUT2D eigenvalue weighted by molar-refractivity contribution is -0.150. The van der Waals surface area contributed by atoms with Crippen molar-refractivity contribution < 1.29 is 19.4 Å². The molecule has 0 radical (unpaired) electrons. The summed E-state index contributed by atoms with van der Waals surface area (Å²) in [6.45, 7) is 3.97. The first kappa shape index (κ1) is 14.8. The number of ether oxygens (including phenoxy) is 2. The SMILES string of the molecule is COC(=O)C(O)c1cc(Cl)c(C(C)C)c(OC)c1. The number of hydrogen-bond acceptors (Lipinski definition) is 4. The average Bonchev–Trinajstić information content (AvgIpc) is 2.35. The molecule has 0 amide bonds. The Balaban J connectivity index is 3.26. The van der Waals surface area contributed by atoms with E-state index in [1.54, 1.807) is 12.1 Å². The summed E-state index contributed by atoms with van der Waals surface area (Å²) in [5.41, 5.74) is 1.20. The predicted octanol–water partition coefficient (Wildman–Crippen LogP) is 2.68. The van der Waals surface area contributed by atoms with Gasteiger partial charge < -0.3 is 14.6 Å². The van der Waals surface area contributed by atoms with E-state index in [0.29, 0.717) is 16.3 Å². The van der Waals surface area contributed by atoms with E-state index in [-0.39, 0.29) is 5.92 Å². The van der Waals surface area contributed by atoms with E-state index >= 15 is 0 Å².